The lowest BCUT2D eigenvalue weighted by molar-refractivity contribution is -0.145. The van der Waals surface area contributed by atoms with Crippen molar-refractivity contribution in [2.45, 2.75) is 5.92 Å². The number of aromatic nitrogens is 1. The van der Waals surface area contributed by atoms with Crippen molar-refractivity contribution in [3.05, 3.63) is 30.1 Å². The number of hydrogen-bond donors (Lipinski definition) is 1. The van der Waals surface area contributed by atoms with Crippen LogP contribution < -0.4 is 5.32 Å². The van der Waals surface area contributed by atoms with Gasteiger partial charge in [-0.3, -0.25) is 9.78 Å². The number of carbonyl (C=O) groups excluding carboxylic acids is 1. The summed E-state index contributed by atoms with van der Waals surface area (Å²) in [5.74, 6) is -0.126. The first-order chi connectivity index (χ1) is 7.33. The van der Waals surface area contributed by atoms with Gasteiger partial charge in [-0.15, -0.1) is 24.8 Å². The molecule has 2 unspecified atom stereocenters. The number of hydrogen-bond acceptors (Lipinski definition) is 4. The third kappa shape index (κ3) is 3.56. The number of rotatable bonds is 2. The minimum absolute atomic E-state index is 0. The molecular formula is C11H16Cl2N2O2. The van der Waals surface area contributed by atoms with Gasteiger partial charge in [0.15, 0.2) is 0 Å². The SMILES string of the molecule is COC(=O)C1CNCC1c1ccccn1.Cl.Cl. The summed E-state index contributed by atoms with van der Waals surface area (Å²) >= 11 is 0. The van der Waals surface area contributed by atoms with Crippen LogP contribution in [-0.4, -0.2) is 31.2 Å². The molecule has 1 saturated heterocycles. The molecule has 0 aromatic carbocycles. The quantitative estimate of drug-likeness (QED) is 0.831. The molecule has 0 aliphatic carbocycles. The van der Waals surface area contributed by atoms with E-state index in [4.69, 9.17) is 4.74 Å². The molecule has 2 heterocycles. The molecule has 2 rings (SSSR count). The van der Waals surface area contributed by atoms with E-state index < -0.39 is 0 Å². The van der Waals surface area contributed by atoms with Crippen molar-refractivity contribution in [1.82, 2.24) is 10.3 Å². The summed E-state index contributed by atoms with van der Waals surface area (Å²) in [6, 6.07) is 5.77. The molecule has 0 amide bonds. The monoisotopic (exact) mass is 278 g/mol. The fourth-order valence-electron chi connectivity index (χ4n) is 1.98. The van der Waals surface area contributed by atoms with Crippen LogP contribution in [0.15, 0.2) is 24.4 Å². The number of nitrogens with zero attached hydrogens (tertiary/aromatic N) is 1. The predicted octanol–water partition coefficient (Wildman–Crippen LogP) is 1.40. The molecule has 1 aliphatic rings. The number of esters is 1. The minimum Gasteiger partial charge on any atom is -0.469 e. The fourth-order valence-corrected chi connectivity index (χ4v) is 1.98. The highest BCUT2D eigenvalue weighted by Crippen LogP contribution is 2.27. The number of nitrogens with one attached hydrogen (secondary N) is 1. The van der Waals surface area contributed by atoms with Gasteiger partial charge in [-0.25, -0.2) is 0 Å². The van der Waals surface area contributed by atoms with E-state index in [1.807, 2.05) is 18.2 Å². The number of methoxy groups -OCH3 is 1. The Morgan fingerprint density at radius 1 is 1.41 bits per heavy atom. The molecule has 0 saturated carbocycles. The van der Waals surface area contributed by atoms with Gasteiger partial charge in [0.2, 0.25) is 0 Å². The van der Waals surface area contributed by atoms with Crippen molar-refractivity contribution in [3.63, 3.8) is 0 Å². The normalized spacial score (nSPS) is 22.2. The molecule has 4 nitrogen and oxygen atoms in total. The van der Waals surface area contributed by atoms with Gasteiger partial charge in [0.05, 0.1) is 13.0 Å². The van der Waals surface area contributed by atoms with E-state index in [-0.39, 0.29) is 42.6 Å². The third-order valence-corrected chi connectivity index (χ3v) is 2.79. The summed E-state index contributed by atoms with van der Waals surface area (Å²) in [5, 5.41) is 3.20. The Hall–Kier alpha value is -0.840. The Morgan fingerprint density at radius 2 is 2.18 bits per heavy atom. The molecule has 6 heteroatoms. The Morgan fingerprint density at radius 3 is 2.76 bits per heavy atom. The van der Waals surface area contributed by atoms with Crippen molar-refractivity contribution in [2.24, 2.45) is 5.92 Å². The average Bonchev–Trinajstić information content (AvgIpc) is 2.78. The zero-order chi connectivity index (χ0) is 10.7. The zero-order valence-electron chi connectivity index (χ0n) is 9.46. The number of pyridine rings is 1. The fraction of sp³-hybridized carbons (Fsp3) is 0.455. The van der Waals surface area contributed by atoms with Gasteiger partial charge in [-0.1, -0.05) is 6.07 Å². The lowest BCUT2D eigenvalue weighted by Crippen LogP contribution is -2.23. The molecule has 1 aromatic rings. The molecule has 1 aliphatic heterocycles. The average molecular weight is 279 g/mol. The van der Waals surface area contributed by atoms with Crippen LogP contribution in [0, 0.1) is 5.92 Å². The Kier molecular flexibility index (Phi) is 7.11. The summed E-state index contributed by atoms with van der Waals surface area (Å²) in [5.41, 5.74) is 0.956. The molecular weight excluding hydrogens is 263 g/mol. The van der Waals surface area contributed by atoms with Crippen LogP contribution in [0.3, 0.4) is 0 Å². The molecule has 1 aromatic heterocycles. The molecule has 17 heavy (non-hydrogen) atoms. The maximum atomic E-state index is 11.5. The smallest absolute Gasteiger partial charge is 0.310 e. The van der Waals surface area contributed by atoms with Gasteiger partial charge in [0.25, 0.3) is 0 Å². The zero-order valence-corrected chi connectivity index (χ0v) is 11.1. The van der Waals surface area contributed by atoms with Gasteiger partial charge in [0, 0.05) is 30.9 Å². The van der Waals surface area contributed by atoms with Crippen molar-refractivity contribution in [2.75, 3.05) is 20.2 Å². The Bertz CT molecular complexity index is 349. The maximum Gasteiger partial charge on any atom is 0.310 e. The largest absolute Gasteiger partial charge is 0.469 e. The van der Waals surface area contributed by atoms with E-state index in [9.17, 15) is 4.79 Å². The Balaban J connectivity index is 0.00000128. The van der Waals surface area contributed by atoms with Crippen LogP contribution in [0.4, 0.5) is 0 Å². The van der Waals surface area contributed by atoms with E-state index in [0.717, 1.165) is 12.2 Å². The highest BCUT2D eigenvalue weighted by atomic mass is 35.5. The van der Waals surface area contributed by atoms with Gasteiger partial charge < -0.3 is 10.1 Å². The van der Waals surface area contributed by atoms with E-state index in [2.05, 4.69) is 10.3 Å². The van der Waals surface area contributed by atoms with Gasteiger partial charge in [-0.2, -0.15) is 0 Å². The van der Waals surface area contributed by atoms with E-state index in [1.54, 1.807) is 6.20 Å². The second-order valence-electron chi connectivity index (χ2n) is 3.65. The molecule has 96 valence electrons. The highest BCUT2D eigenvalue weighted by Gasteiger charge is 2.35. The van der Waals surface area contributed by atoms with Crippen molar-refractivity contribution < 1.29 is 9.53 Å². The van der Waals surface area contributed by atoms with E-state index >= 15 is 0 Å². The lowest BCUT2D eigenvalue weighted by atomic mass is 9.92. The van der Waals surface area contributed by atoms with Crippen LogP contribution in [0.1, 0.15) is 11.6 Å². The summed E-state index contributed by atoms with van der Waals surface area (Å²) in [7, 11) is 1.43. The molecule has 1 N–H and O–H groups in total. The van der Waals surface area contributed by atoms with Crippen LogP contribution >= 0.6 is 24.8 Å². The Labute approximate surface area is 113 Å². The highest BCUT2D eigenvalue weighted by molar-refractivity contribution is 5.85. The first-order valence-corrected chi connectivity index (χ1v) is 5.02. The minimum atomic E-state index is -0.157. The van der Waals surface area contributed by atoms with E-state index in [1.165, 1.54) is 7.11 Å². The van der Waals surface area contributed by atoms with Crippen molar-refractivity contribution in [1.29, 1.82) is 0 Å². The summed E-state index contributed by atoms with van der Waals surface area (Å²) in [6.07, 6.45) is 1.75. The van der Waals surface area contributed by atoms with Crippen LogP contribution in [0.5, 0.6) is 0 Å². The van der Waals surface area contributed by atoms with Gasteiger partial charge in [0.1, 0.15) is 0 Å². The first-order valence-electron chi connectivity index (χ1n) is 5.02. The summed E-state index contributed by atoms with van der Waals surface area (Å²) in [6.45, 7) is 1.46. The molecule has 2 atom stereocenters. The number of carbonyl (C=O) groups is 1. The standard InChI is InChI=1S/C11H14N2O2.2ClH/c1-15-11(14)9-7-12-6-8(9)10-4-2-3-5-13-10;;/h2-5,8-9,12H,6-7H2,1H3;2*1H. The molecule has 1 fully saturated rings. The van der Waals surface area contributed by atoms with Gasteiger partial charge >= 0.3 is 5.97 Å². The summed E-state index contributed by atoms with van der Waals surface area (Å²) in [4.78, 5) is 15.8. The molecule has 0 spiro atoms. The molecule has 0 radical (unpaired) electrons. The topological polar surface area (TPSA) is 51.2 Å². The third-order valence-electron chi connectivity index (χ3n) is 2.79. The second kappa shape index (κ2) is 7.48. The first kappa shape index (κ1) is 16.2. The van der Waals surface area contributed by atoms with Crippen molar-refractivity contribution >= 4 is 30.8 Å². The van der Waals surface area contributed by atoms with Crippen LogP contribution in [0.2, 0.25) is 0 Å². The number of halogens is 2. The van der Waals surface area contributed by atoms with Crippen LogP contribution in [-0.2, 0) is 9.53 Å². The lowest BCUT2D eigenvalue weighted by Gasteiger charge is -2.15. The maximum absolute atomic E-state index is 11.5. The van der Waals surface area contributed by atoms with E-state index in [0.29, 0.717) is 6.54 Å². The number of ether oxygens (including phenoxy) is 1. The predicted molar refractivity (Wildman–Crippen MR) is 69.8 cm³/mol. The second-order valence-corrected chi connectivity index (χ2v) is 3.65. The van der Waals surface area contributed by atoms with Crippen LogP contribution in [0.25, 0.3) is 0 Å². The van der Waals surface area contributed by atoms with Gasteiger partial charge in [-0.05, 0) is 12.1 Å². The summed E-state index contributed by atoms with van der Waals surface area (Å²) < 4.78 is 4.78. The van der Waals surface area contributed by atoms with Crippen molar-refractivity contribution in [3.8, 4) is 0 Å². The molecule has 0 bridgehead atoms.